The first-order chi connectivity index (χ1) is 11.2. The number of hydrogen-bond acceptors (Lipinski definition) is 4. The van der Waals surface area contributed by atoms with E-state index in [1.54, 1.807) is 12.1 Å². The summed E-state index contributed by atoms with van der Waals surface area (Å²) in [7, 11) is 0. The van der Waals surface area contributed by atoms with Crippen molar-refractivity contribution in [2.24, 2.45) is 5.92 Å². The van der Waals surface area contributed by atoms with Crippen LogP contribution in [0.1, 0.15) is 29.6 Å². The topological polar surface area (TPSA) is 71.5 Å². The first kappa shape index (κ1) is 15.5. The molecule has 1 aromatic heterocycles. The van der Waals surface area contributed by atoms with Gasteiger partial charge in [0.15, 0.2) is 0 Å². The molecule has 0 bridgehead atoms. The molecule has 3 rings (SSSR count). The molecule has 1 aliphatic carbocycles. The Labute approximate surface area is 135 Å². The lowest BCUT2D eigenvalue weighted by atomic mass is 10.1. The predicted molar refractivity (Wildman–Crippen MR) is 86.4 cm³/mol. The first-order valence-corrected chi connectivity index (χ1v) is 7.87. The van der Waals surface area contributed by atoms with Crippen molar-refractivity contribution in [3.63, 3.8) is 0 Å². The van der Waals surface area contributed by atoms with E-state index >= 15 is 0 Å². The molecule has 0 aliphatic heterocycles. The number of pyridine rings is 1. The molecule has 5 nitrogen and oxygen atoms in total. The molecule has 0 saturated heterocycles. The van der Waals surface area contributed by atoms with E-state index in [-0.39, 0.29) is 17.9 Å². The van der Waals surface area contributed by atoms with Gasteiger partial charge in [-0.05, 0) is 31.0 Å². The van der Waals surface area contributed by atoms with Crippen molar-refractivity contribution in [1.82, 2.24) is 10.3 Å². The molecule has 120 valence electrons. The molecule has 2 atom stereocenters. The summed E-state index contributed by atoms with van der Waals surface area (Å²) in [5.74, 6) is 1.13. The molecule has 0 spiro atoms. The number of benzene rings is 1. The van der Waals surface area contributed by atoms with E-state index in [0.717, 1.165) is 19.3 Å². The molecular formula is C18H20N2O3. The number of nitrogens with zero attached hydrogens (tertiary/aromatic N) is 1. The minimum absolute atomic E-state index is 0.160. The highest BCUT2D eigenvalue weighted by Crippen LogP contribution is 2.24. The summed E-state index contributed by atoms with van der Waals surface area (Å²) >= 11 is 0. The quantitative estimate of drug-likeness (QED) is 0.890. The molecule has 23 heavy (non-hydrogen) atoms. The van der Waals surface area contributed by atoms with Crippen LogP contribution in [0, 0.1) is 5.92 Å². The van der Waals surface area contributed by atoms with Crippen LogP contribution in [0.2, 0.25) is 0 Å². The Morgan fingerprint density at radius 3 is 2.70 bits per heavy atom. The molecule has 1 amide bonds. The third kappa shape index (κ3) is 4.07. The molecule has 2 N–H and O–H groups in total. The fraction of sp³-hybridized carbons (Fsp3) is 0.333. The van der Waals surface area contributed by atoms with E-state index < -0.39 is 0 Å². The molecule has 1 fully saturated rings. The van der Waals surface area contributed by atoms with E-state index in [1.807, 2.05) is 30.3 Å². The van der Waals surface area contributed by atoms with E-state index in [4.69, 9.17) is 4.74 Å². The minimum Gasteiger partial charge on any atom is -0.439 e. The van der Waals surface area contributed by atoms with Crippen molar-refractivity contribution in [3.05, 3.63) is 54.2 Å². The Hall–Kier alpha value is -2.40. The third-order valence-electron chi connectivity index (χ3n) is 4.11. The number of rotatable bonds is 5. The van der Waals surface area contributed by atoms with Gasteiger partial charge in [-0.25, -0.2) is 4.98 Å². The highest BCUT2D eigenvalue weighted by Gasteiger charge is 2.25. The lowest BCUT2D eigenvalue weighted by Gasteiger charge is -2.15. The number of aliphatic hydroxyl groups is 1. The Morgan fingerprint density at radius 1 is 1.22 bits per heavy atom. The van der Waals surface area contributed by atoms with Crippen molar-refractivity contribution < 1.29 is 14.6 Å². The van der Waals surface area contributed by atoms with Crippen LogP contribution in [0.15, 0.2) is 48.7 Å². The van der Waals surface area contributed by atoms with Gasteiger partial charge < -0.3 is 15.2 Å². The number of aromatic nitrogens is 1. The van der Waals surface area contributed by atoms with Gasteiger partial charge in [0, 0.05) is 24.7 Å². The second kappa shape index (κ2) is 7.24. The van der Waals surface area contributed by atoms with E-state index in [0.29, 0.717) is 23.7 Å². The van der Waals surface area contributed by atoms with Crippen LogP contribution in [0.4, 0.5) is 0 Å². The van der Waals surface area contributed by atoms with Crippen LogP contribution in [0.3, 0.4) is 0 Å². The summed E-state index contributed by atoms with van der Waals surface area (Å²) in [5, 5.41) is 12.6. The molecule has 1 aliphatic rings. The largest absolute Gasteiger partial charge is 0.439 e. The normalized spacial score (nSPS) is 20.2. The molecular weight excluding hydrogens is 292 g/mol. The van der Waals surface area contributed by atoms with Crippen LogP contribution >= 0.6 is 0 Å². The average Bonchev–Trinajstić information content (AvgIpc) is 2.99. The molecule has 5 heteroatoms. The zero-order chi connectivity index (χ0) is 16.1. The first-order valence-electron chi connectivity index (χ1n) is 7.87. The van der Waals surface area contributed by atoms with Gasteiger partial charge in [-0.3, -0.25) is 4.79 Å². The van der Waals surface area contributed by atoms with Crippen LogP contribution < -0.4 is 10.1 Å². The van der Waals surface area contributed by atoms with Crippen LogP contribution in [0.5, 0.6) is 11.6 Å². The molecule has 1 saturated carbocycles. The number of aliphatic hydroxyl groups excluding tert-OH is 1. The van der Waals surface area contributed by atoms with E-state index in [2.05, 4.69) is 10.3 Å². The second-order valence-corrected chi connectivity index (χ2v) is 5.77. The number of carbonyl (C=O) groups excluding carboxylic acids is 1. The maximum Gasteiger partial charge on any atom is 0.252 e. The zero-order valence-electron chi connectivity index (χ0n) is 12.8. The molecule has 0 radical (unpaired) electrons. The molecule has 2 unspecified atom stereocenters. The number of hydrogen-bond donors (Lipinski definition) is 2. The van der Waals surface area contributed by atoms with Gasteiger partial charge in [0.2, 0.25) is 5.88 Å². The highest BCUT2D eigenvalue weighted by atomic mass is 16.5. The van der Waals surface area contributed by atoms with Gasteiger partial charge in [-0.2, -0.15) is 0 Å². The zero-order valence-corrected chi connectivity index (χ0v) is 12.8. The minimum atomic E-state index is -0.296. The maximum absolute atomic E-state index is 12.1. The number of carbonyl (C=O) groups is 1. The fourth-order valence-electron chi connectivity index (χ4n) is 2.77. The van der Waals surface area contributed by atoms with Gasteiger partial charge in [-0.15, -0.1) is 0 Å². The number of ether oxygens (including phenoxy) is 1. The summed E-state index contributed by atoms with van der Waals surface area (Å²) in [6.45, 7) is 0.502. The van der Waals surface area contributed by atoms with Crippen molar-refractivity contribution in [1.29, 1.82) is 0 Å². The highest BCUT2D eigenvalue weighted by molar-refractivity contribution is 5.93. The van der Waals surface area contributed by atoms with Gasteiger partial charge in [0.05, 0.1) is 11.7 Å². The summed E-state index contributed by atoms with van der Waals surface area (Å²) in [6, 6.07) is 12.7. The number of amides is 1. The van der Waals surface area contributed by atoms with E-state index in [9.17, 15) is 9.90 Å². The van der Waals surface area contributed by atoms with Gasteiger partial charge in [0.25, 0.3) is 5.91 Å². The van der Waals surface area contributed by atoms with Crippen LogP contribution in [-0.2, 0) is 0 Å². The van der Waals surface area contributed by atoms with Crippen molar-refractivity contribution in [2.45, 2.75) is 25.4 Å². The number of para-hydroxylation sites is 1. The van der Waals surface area contributed by atoms with Crippen LogP contribution in [-0.4, -0.2) is 28.6 Å². The summed E-state index contributed by atoms with van der Waals surface area (Å²) in [4.78, 5) is 16.3. The van der Waals surface area contributed by atoms with Crippen molar-refractivity contribution >= 4 is 5.91 Å². The van der Waals surface area contributed by atoms with Gasteiger partial charge in [0.1, 0.15) is 5.75 Å². The fourth-order valence-corrected chi connectivity index (χ4v) is 2.77. The SMILES string of the molecule is O=C(NCC1CCCC1O)c1ccc(Oc2ccccc2)nc1. The molecule has 1 heterocycles. The Morgan fingerprint density at radius 2 is 2.04 bits per heavy atom. The van der Waals surface area contributed by atoms with Gasteiger partial charge in [-0.1, -0.05) is 24.6 Å². The number of nitrogens with one attached hydrogen (secondary N) is 1. The van der Waals surface area contributed by atoms with Crippen LogP contribution in [0.25, 0.3) is 0 Å². The van der Waals surface area contributed by atoms with Crippen molar-refractivity contribution in [2.75, 3.05) is 6.54 Å². The summed E-state index contributed by atoms with van der Waals surface area (Å²) < 4.78 is 5.59. The average molecular weight is 312 g/mol. The maximum atomic E-state index is 12.1. The predicted octanol–water partition coefficient (Wildman–Crippen LogP) is 2.76. The molecule has 2 aromatic rings. The molecule has 1 aromatic carbocycles. The monoisotopic (exact) mass is 312 g/mol. The van der Waals surface area contributed by atoms with Crippen molar-refractivity contribution in [3.8, 4) is 11.6 Å². The Kier molecular flexibility index (Phi) is 4.88. The summed E-state index contributed by atoms with van der Waals surface area (Å²) in [5.41, 5.74) is 0.484. The standard InChI is InChI=1S/C18H20N2O3/c21-16-8-4-5-13(16)11-20-18(22)14-9-10-17(19-12-14)23-15-6-2-1-3-7-15/h1-3,6-7,9-10,12-13,16,21H,4-5,8,11H2,(H,20,22). The second-order valence-electron chi connectivity index (χ2n) is 5.77. The summed E-state index contributed by atoms with van der Waals surface area (Å²) in [6.07, 6.45) is 4.01. The lowest BCUT2D eigenvalue weighted by molar-refractivity contribution is 0.0916. The Balaban J connectivity index is 1.55. The third-order valence-corrected chi connectivity index (χ3v) is 4.11. The van der Waals surface area contributed by atoms with Gasteiger partial charge >= 0.3 is 0 Å². The Bertz CT molecular complexity index is 643. The van der Waals surface area contributed by atoms with E-state index in [1.165, 1.54) is 6.20 Å². The lowest BCUT2D eigenvalue weighted by Crippen LogP contribution is -2.32. The smallest absolute Gasteiger partial charge is 0.252 e.